The van der Waals surface area contributed by atoms with Gasteiger partial charge in [-0.2, -0.15) is 5.10 Å². The van der Waals surface area contributed by atoms with Crippen molar-refractivity contribution in [2.45, 2.75) is 26.5 Å². The van der Waals surface area contributed by atoms with Gasteiger partial charge in [-0.05, 0) is 42.7 Å². The van der Waals surface area contributed by atoms with Crippen molar-refractivity contribution in [1.82, 2.24) is 9.78 Å². The molecule has 6 heteroatoms. The van der Waals surface area contributed by atoms with Crippen molar-refractivity contribution in [3.8, 4) is 5.75 Å². The number of benzene rings is 2. The lowest BCUT2D eigenvalue weighted by Gasteiger charge is -2.08. The third kappa shape index (κ3) is 5.16. The normalized spacial score (nSPS) is 10.7. The number of hydrogen-bond acceptors (Lipinski definition) is 4. The quantitative estimate of drug-likeness (QED) is 0.364. The predicted molar refractivity (Wildman–Crippen MR) is 124 cm³/mol. The molecule has 0 aliphatic heterocycles. The van der Waals surface area contributed by atoms with Crippen LogP contribution in [0.25, 0.3) is 0 Å². The number of rotatable bonds is 9. The van der Waals surface area contributed by atoms with Gasteiger partial charge < -0.3 is 14.5 Å². The predicted octanol–water partition coefficient (Wildman–Crippen LogP) is 5.39. The zero-order chi connectivity index (χ0) is 22.3. The number of ether oxygens (including phenoxy) is 1. The van der Waals surface area contributed by atoms with Crippen molar-refractivity contribution >= 4 is 11.7 Å². The summed E-state index contributed by atoms with van der Waals surface area (Å²) in [4.78, 5) is 12.6. The molecule has 1 amide bonds. The molecule has 0 radical (unpaired) electrons. The van der Waals surface area contributed by atoms with E-state index in [1.54, 1.807) is 12.1 Å². The minimum Gasteiger partial charge on any atom is -0.485 e. The van der Waals surface area contributed by atoms with Crippen molar-refractivity contribution in [3.05, 3.63) is 114 Å². The molecule has 2 aromatic heterocycles. The summed E-state index contributed by atoms with van der Waals surface area (Å²) in [5.41, 5.74) is 3.14. The Bertz CT molecular complexity index is 1210. The number of carbonyl (C=O) groups is 1. The van der Waals surface area contributed by atoms with E-state index in [2.05, 4.69) is 17.0 Å². The number of hydrogen-bond donors (Lipinski definition) is 1. The zero-order valence-corrected chi connectivity index (χ0v) is 18.0. The van der Waals surface area contributed by atoms with Gasteiger partial charge in [0.2, 0.25) is 0 Å². The molecule has 0 aliphatic rings. The van der Waals surface area contributed by atoms with Crippen LogP contribution in [0.2, 0.25) is 0 Å². The smallest absolute Gasteiger partial charge is 0.292 e. The van der Waals surface area contributed by atoms with E-state index in [0.717, 1.165) is 29.0 Å². The molecule has 162 valence electrons. The molecule has 0 aliphatic carbocycles. The van der Waals surface area contributed by atoms with Gasteiger partial charge in [0, 0.05) is 11.8 Å². The van der Waals surface area contributed by atoms with Crippen molar-refractivity contribution in [2.24, 2.45) is 0 Å². The highest BCUT2D eigenvalue weighted by Gasteiger charge is 2.15. The van der Waals surface area contributed by atoms with Crippen LogP contribution in [0, 0.1) is 6.92 Å². The summed E-state index contributed by atoms with van der Waals surface area (Å²) >= 11 is 0. The van der Waals surface area contributed by atoms with E-state index in [1.165, 1.54) is 0 Å². The van der Waals surface area contributed by atoms with Gasteiger partial charge >= 0.3 is 0 Å². The molecule has 0 saturated heterocycles. The fourth-order valence-electron chi connectivity index (χ4n) is 3.36. The number of nitrogens with one attached hydrogen (secondary N) is 1. The summed E-state index contributed by atoms with van der Waals surface area (Å²) in [6.45, 7) is 6.60. The summed E-state index contributed by atoms with van der Waals surface area (Å²) in [6, 6.07) is 23.1. The number of anilines is 1. The van der Waals surface area contributed by atoms with Crippen LogP contribution >= 0.6 is 0 Å². The van der Waals surface area contributed by atoms with Crippen molar-refractivity contribution in [2.75, 3.05) is 5.32 Å². The summed E-state index contributed by atoms with van der Waals surface area (Å²) in [5, 5.41) is 7.29. The first-order valence-corrected chi connectivity index (χ1v) is 10.4. The Labute approximate surface area is 187 Å². The van der Waals surface area contributed by atoms with E-state index < -0.39 is 0 Å². The molecule has 0 bridgehead atoms. The van der Waals surface area contributed by atoms with Gasteiger partial charge in [0.25, 0.3) is 5.91 Å². The first-order valence-electron chi connectivity index (χ1n) is 10.4. The van der Waals surface area contributed by atoms with Crippen LogP contribution in [0.1, 0.15) is 33.1 Å². The van der Waals surface area contributed by atoms with Crippen LogP contribution in [-0.4, -0.2) is 15.7 Å². The Morgan fingerprint density at radius 2 is 1.91 bits per heavy atom. The van der Waals surface area contributed by atoms with E-state index in [4.69, 9.17) is 9.15 Å². The summed E-state index contributed by atoms with van der Waals surface area (Å²) in [6.07, 6.45) is 2.55. The third-order valence-corrected chi connectivity index (χ3v) is 4.99. The molecule has 32 heavy (non-hydrogen) atoms. The minimum atomic E-state index is -0.354. The third-order valence-electron chi connectivity index (χ3n) is 4.99. The Hall–Kier alpha value is -4.06. The van der Waals surface area contributed by atoms with Gasteiger partial charge in [0.1, 0.15) is 18.1 Å². The largest absolute Gasteiger partial charge is 0.485 e. The molecular formula is C26H25N3O3. The van der Waals surface area contributed by atoms with E-state index in [-0.39, 0.29) is 18.3 Å². The van der Waals surface area contributed by atoms with Gasteiger partial charge in [0.15, 0.2) is 11.6 Å². The number of allylic oxidation sites excluding steroid dienone is 1. The van der Waals surface area contributed by atoms with Gasteiger partial charge in [-0.1, -0.05) is 54.6 Å². The average Bonchev–Trinajstić information content (AvgIpc) is 3.41. The van der Waals surface area contributed by atoms with E-state index in [0.29, 0.717) is 18.1 Å². The molecule has 0 spiro atoms. The number of amides is 1. The lowest BCUT2D eigenvalue weighted by Crippen LogP contribution is -2.12. The van der Waals surface area contributed by atoms with E-state index in [9.17, 15) is 4.79 Å². The molecule has 0 atom stereocenters. The first-order chi connectivity index (χ1) is 15.6. The van der Waals surface area contributed by atoms with Crippen molar-refractivity contribution < 1.29 is 13.9 Å². The van der Waals surface area contributed by atoms with E-state index >= 15 is 0 Å². The second-order valence-corrected chi connectivity index (χ2v) is 7.42. The highest BCUT2D eigenvalue weighted by molar-refractivity contribution is 6.01. The average molecular weight is 428 g/mol. The van der Waals surface area contributed by atoms with Gasteiger partial charge in [-0.25, -0.2) is 0 Å². The Balaban J connectivity index is 1.37. The Kier molecular flexibility index (Phi) is 6.51. The number of nitrogens with zero attached hydrogens (tertiary/aromatic N) is 2. The molecule has 1 N–H and O–H groups in total. The second-order valence-electron chi connectivity index (χ2n) is 7.42. The van der Waals surface area contributed by atoms with Crippen molar-refractivity contribution in [3.63, 3.8) is 0 Å². The zero-order valence-electron chi connectivity index (χ0n) is 18.0. The monoisotopic (exact) mass is 427 g/mol. The number of aromatic nitrogens is 2. The van der Waals surface area contributed by atoms with Crippen LogP contribution in [0.5, 0.6) is 5.75 Å². The Morgan fingerprint density at radius 3 is 2.72 bits per heavy atom. The second kappa shape index (κ2) is 9.83. The standard InChI is InChI=1S/C26H25N3O3/c1-3-9-21-12-7-8-13-23(21)31-18-22-14-15-24(32-22)26(30)27-25-16-19(2)29(28-25)17-20-10-5-4-6-11-20/h3-8,10-16H,1,9,17-18H2,2H3,(H,27,28,30). The number of furan rings is 1. The summed E-state index contributed by atoms with van der Waals surface area (Å²) in [7, 11) is 0. The maximum Gasteiger partial charge on any atom is 0.292 e. The molecule has 0 fully saturated rings. The number of aryl methyl sites for hydroxylation is 1. The van der Waals surface area contributed by atoms with Gasteiger partial charge in [0.05, 0.1) is 6.54 Å². The Morgan fingerprint density at radius 1 is 1.12 bits per heavy atom. The maximum atomic E-state index is 12.6. The highest BCUT2D eigenvalue weighted by Crippen LogP contribution is 2.21. The van der Waals surface area contributed by atoms with Crippen LogP contribution in [0.4, 0.5) is 5.82 Å². The molecule has 0 saturated carbocycles. The lowest BCUT2D eigenvalue weighted by atomic mass is 10.1. The molecule has 4 aromatic rings. The van der Waals surface area contributed by atoms with Crippen molar-refractivity contribution in [1.29, 1.82) is 0 Å². The SMILES string of the molecule is C=CCc1ccccc1OCc1ccc(C(=O)Nc2cc(C)n(Cc3ccccc3)n2)o1. The maximum absolute atomic E-state index is 12.6. The highest BCUT2D eigenvalue weighted by atomic mass is 16.5. The van der Waals surface area contributed by atoms with Crippen LogP contribution < -0.4 is 10.1 Å². The van der Waals surface area contributed by atoms with Crippen LogP contribution in [0.3, 0.4) is 0 Å². The van der Waals surface area contributed by atoms with E-state index in [1.807, 2.05) is 78.3 Å². The fourth-order valence-corrected chi connectivity index (χ4v) is 3.36. The van der Waals surface area contributed by atoms with Gasteiger partial charge in [-0.3, -0.25) is 9.48 Å². The topological polar surface area (TPSA) is 69.3 Å². The van der Waals surface area contributed by atoms with Crippen LogP contribution in [0.15, 0.2) is 89.9 Å². The number of carbonyl (C=O) groups excluding carboxylic acids is 1. The first kappa shape index (κ1) is 21.2. The molecule has 4 rings (SSSR count). The molecular weight excluding hydrogens is 402 g/mol. The lowest BCUT2D eigenvalue weighted by molar-refractivity contribution is 0.0992. The van der Waals surface area contributed by atoms with Gasteiger partial charge in [-0.15, -0.1) is 6.58 Å². The fraction of sp³-hybridized carbons (Fsp3) is 0.154. The molecule has 2 aromatic carbocycles. The number of para-hydroxylation sites is 1. The molecule has 6 nitrogen and oxygen atoms in total. The minimum absolute atomic E-state index is 0.207. The summed E-state index contributed by atoms with van der Waals surface area (Å²) < 4.78 is 13.4. The molecule has 0 unspecified atom stereocenters. The molecule has 2 heterocycles. The summed E-state index contributed by atoms with van der Waals surface area (Å²) in [5.74, 6) is 1.67. The van der Waals surface area contributed by atoms with Crippen LogP contribution in [-0.2, 0) is 19.6 Å².